The molecule has 0 aliphatic heterocycles. The standard InChI is InChI=1S/C5H6N3O2/c1-4-5(8(9)10)3-6-7(4)2/h1-2H3. The molecule has 0 N–H and O–H groups in total. The van der Waals surface area contributed by atoms with E-state index in [0.29, 0.717) is 5.69 Å². The van der Waals surface area contributed by atoms with Gasteiger partial charge in [-0.25, -0.2) is 0 Å². The van der Waals surface area contributed by atoms with E-state index in [1.165, 1.54) is 4.68 Å². The highest BCUT2D eigenvalue weighted by Crippen LogP contribution is 2.13. The number of rotatable bonds is 1. The van der Waals surface area contributed by atoms with E-state index in [1.54, 1.807) is 14.0 Å². The molecular weight excluding hydrogens is 134 g/mol. The second-order valence-electron chi connectivity index (χ2n) is 1.93. The number of aryl methyl sites for hydroxylation is 1. The van der Waals surface area contributed by atoms with Crippen LogP contribution in [0.15, 0.2) is 0 Å². The number of aromatic nitrogens is 2. The van der Waals surface area contributed by atoms with E-state index in [4.69, 9.17) is 0 Å². The molecule has 53 valence electrons. The van der Waals surface area contributed by atoms with Gasteiger partial charge in [0.1, 0.15) is 5.69 Å². The van der Waals surface area contributed by atoms with E-state index in [9.17, 15) is 10.1 Å². The van der Waals surface area contributed by atoms with Crippen molar-refractivity contribution in [2.75, 3.05) is 0 Å². The highest BCUT2D eigenvalue weighted by molar-refractivity contribution is 5.29. The highest BCUT2D eigenvalue weighted by atomic mass is 16.6. The van der Waals surface area contributed by atoms with Crippen molar-refractivity contribution >= 4 is 5.69 Å². The van der Waals surface area contributed by atoms with Crippen LogP contribution in [-0.2, 0) is 7.05 Å². The van der Waals surface area contributed by atoms with Gasteiger partial charge in [-0.1, -0.05) is 0 Å². The molecule has 10 heavy (non-hydrogen) atoms. The Bertz CT molecular complexity index is 266. The molecule has 5 nitrogen and oxygen atoms in total. The third-order valence-electron chi connectivity index (χ3n) is 1.32. The average molecular weight is 140 g/mol. The number of hydrogen-bond acceptors (Lipinski definition) is 3. The quantitative estimate of drug-likeness (QED) is 0.420. The Balaban J connectivity index is 3.17. The normalized spacial score (nSPS) is 9.80. The van der Waals surface area contributed by atoms with Gasteiger partial charge in [0, 0.05) is 7.05 Å². The first-order valence-electron chi connectivity index (χ1n) is 2.68. The van der Waals surface area contributed by atoms with Crippen molar-refractivity contribution in [3.05, 3.63) is 22.0 Å². The van der Waals surface area contributed by atoms with Crippen LogP contribution < -0.4 is 0 Å². The van der Waals surface area contributed by atoms with Crippen molar-refractivity contribution in [2.24, 2.45) is 7.05 Å². The van der Waals surface area contributed by atoms with E-state index >= 15 is 0 Å². The molecule has 1 aromatic heterocycles. The molecule has 0 atom stereocenters. The summed E-state index contributed by atoms with van der Waals surface area (Å²) in [5.74, 6) is 0. The molecule has 1 rings (SSSR count). The lowest BCUT2D eigenvalue weighted by Gasteiger charge is -1.89. The molecule has 0 aliphatic carbocycles. The van der Waals surface area contributed by atoms with Crippen LogP contribution in [0.4, 0.5) is 5.69 Å². The Labute approximate surface area is 57.4 Å². The Morgan fingerprint density at radius 1 is 1.80 bits per heavy atom. The molecule has 0 aromatic carbocycles. The van der Waals surface area contributed by atoms with Crippen LogP contribution in [0.3, 0.4) is 0 Å². The Hall–Kier alpha value is -1.39. The molecule has 1 heterocycles. The number of hydrogen-bond donors (Lipinski definition) is 0. The van der Waals surface area contributed by atoms with Crippen molar-refractivity contribution in [3.63, 3.8) is 0 Å². The SMILES string of the molecule is Cc1c([N+](=O)[O-])[c]nn1C. The molecule has 0 amide bonds. The summed E-state index contributed by atoms with van der Waals surface area (Å²) in [7, 11) is 1.64. The van der Waals surface area contributed by atoms with Gasteiger partial charge in [-0.3, -0.25) is 14.8 Å². The van der Waals surface area contributed by atoms with Crippen LogP contribution in [-0.4, -0.2) is 14.7 Å². The zero-order valence-electron chi connectivity index (χ0n) is 5.66. The first kappa shape index (κ1) is 6.73. The van der Waals surface area contributed by atoms with Gasteiger partial charge < -0.3 is 0 Å². The number of nitro groups is 1. The largest absolute Gasteiger partial charge is 0.319 e. The fourth-order valence-electron chi connectivity index (χ4n) is 0.604. The topological polar surface area (TPSA) is 61.0 Å². The third-order valence-corrected chi connectivity index (χ3v) is 1.32. The molecule has 0 bridgehead atoms. The molecule has 1 radical (unpaired) electrons. The van der Waals surface area contributed by atoms with Gasteiger partial charge in [-0.05, 0) is 6.92 Å². The maximum Gasteiger partial charge on any atom is 0.319 e. The Morgan fingerprint density at radius 2 is 2.40 bits per heavy atom. The monoisotopic (exact) mass is 140 g/mol. The predicted molar refractivity (Wildman–Crippen MR) is 33.4 cm³/mol. The summed E-state index contributed by atoms with van der Waals surface area (Å²) in [6.07, 6.45) is 2.29. The lowest BCUT2D eigenvalue weighted by molar-refractivity contribution is -0.385. The smallest absolute Gasteiger partial charge is 0.265 e. The van der Waals surface area contributed by atoms with Gasteiger partial charge in [0.05, 0.1) is 4.92 Å². The van der Waals surface area contributed by atoms with Crippen LogP contribution in [0.5, 0.6) is 0 Å². The van der Waals surface area contributed by atoms with Crippen LogP contribution in [0.25, 0.3) is 0 Å². The second-order valence-corrected chi connectivity index (χ2v) is 1.93. The summed E-state index contributed by atoms with van der Waals surface area (Å²) in [4.78, 5) is 9.66. The average Bonchev–Trinajstić information content (AvgIpc) is 2.14. The fraction of sp³-hybridized carbons (Fsp3) is 0.400. The molecule has 0 aliphatic rings. The van der Waals surface area contributed by atoms with Crippen LogP contribution in [0.2, 0.25) is 0 Å². The highest BCUT2D eigenvalue weighted by Gasteiger charge is 2.14. The van der Waals surface area contributed by atoms with Crippen molar-refractivity contribution in [1.82, 2.24) is 9.78 Å². The fourth-order valence-corrected chi connectivity index (χ4v) is 0.604. The summed E-state index contributed by atoms with van der Waals surface area (Å²) in [6.45, 7) is 1.63. The van der Waals surface area contributed by atoms with Crippen LogP contribution >= 0.6 is 0 Å². The summed E-state index contributed by atoms with van der Waals surface area (Å²) in [5.41, 5.74) is 0.465. The predicted octanol–water partition coefficient (Wildman–Crippen LogP) is 0.437. The molecule has 0 unspecified atom stereocenters. The molecular formula is C5H6N3O2. The summed E-state index contributed by atoms with van der Waals surface area (Å²) in [6, 6.07) is 0. The van der Waals surface area contributed by atoms with Crippen molar-refractivity contribution in [3.8, 4) is 0 Å². The van der Waals surface area contributed by atoms with Crippen molar-refractivity contribution in [2.45, 2.75) is 6.92 Å². The van der Waals surface area contributed by atoms with Gasteiger partial charge in [0.25, 0.3) is 0 Å². The molecule has 0 fully saturated rings. The van der Waals surface area contributed by atoms with Gasteiger partial charge in [0.15, 0.2) is 6.20 Å². The second kappa shape index (κ2) is 2.09. The lowest BCUT2D eigenvalue weighted by Crippen LogP contribution is -1.94. The minimum absolute atomic E-state index is 0.0532. The van der Waals surface area contributed by atoms with E-state index in [0.717, 1.165) is 0 Å². The minimum atomic E-state index is -0.498. The van der Waals surface area contributed by atoms with Gasteiger partial charge in [-0.2, -0.15) is 5.10 Å². The van der Waals surface area contributed by atoms with Gasteiger partial charge >= 0.3 is 5.69 Å². The molecule has 0 spiro atoms. The summed E-state index contributed by atoms with van der Waals surface area (Å²) < 4.78 is 1.41. The lowest BCUT2D eigenvalue weighted by atomic mass is 10.4. The van der Waals surface area contributed by atoms with Crippen LogP contribution in [0, 0.1) is 23.2 Å². The van der Waals surface area contributed by atoms with E-state index in [1.807, 2.05) is 0 Å². The van der Waals surface area contributed by atoms with Gasteiger partial charge in [0.2, 0.25) is 0 Å². The zero-order chi connectivity index (χ0) is 7.72. The first-order chi connectivity index (χ1) is 4.63. The Morgan fingerprint density at radius 3 is 2.60 bits per heavy atom. The first-order valence-corrected chi connectivity index (χ1v) is 2.68. The summed E-state index contributed by atoms with van der Waals surface area (Å²) >= 11 is 0. The molecule has 5 heteroatoms. The zero-order valence-corrected chi connectivity index (χ0v) is 5.66. The maximum absolute atomic E-state index is 10.2. The van der Waals surface area contributed by atoms with E-state index in [-0.39, 0.29) is 5.69 Å². The van der Waals surface area contributed by atoms with Crippen molar-refractivity contribution in [1.29, 1.82) is 0 Å². The van der Waals surface area contributed by atoms with Gasteiger partial charge in [-0.15, -0.1) is 0 Å². The molecule has 1 aromatic rings. The van der Waals surface area contributed by atoms with E-state index in [2.05, 4.69) is 11.3 Å². The molecule has 0 saturated heterocycles. The Kier molecular flexibility index (Phi) is 1.41. The third kappa shape index (κ3) is 0.854. The molecule has 0 saturated carbocycles. The van der Waals surface area contributed by atoms with Crippen molar-refractivity contribution < 1.29 is 4.92 Å². The van der Waals surface area contributed by atoms with E-state index < -0.39 is 4.92 Å². The number of nitrogens with zero attached hydrogens (tertiary/aromatic N) is 3. The maximum atomic E-state index is 10.2. The minimum Gasteiger partial charge on any atom is -0.265 e. The van der Waals surface area contributed by atoms with Crippen LogP contribution in [0.1, 0.15) is 5.69 Å². The summed E-state index contributed by atoms with van der Waals surface area (Å²) in [5, 5.41) is 13.7.